The van der Waals surface area contributed by atoms with E-state index in [1.54, 1.807) is 0 Å². The number of rotatable bonds is 2. The van der Waals surface area contributed by atoms with Gasteiger partial charge in [0.15, 0.2) is 0 Å². The fourth-order valence-corrected chi connectivity index (χ4v) is 2.75. The van der Waals surface area contributed by atoms with Crippen molar-refractivity contribution in [1.82, 2.24) is 20.2 Å². The lowest BCUT2D eigenvalue weighted by molar-refractivity contribution is -0.131. The second-order valence-corrected chi connectivity index (χ2v) is 5.04. The number of carbonyl (C=O) groups is 2. The van der Waals surface area contributed by atoms with E-state index in [4.69, 9.17) is 5.73 Å². The maximum atomic E-state index is 12.4. The van der Waals surface area contributed by atoms with Gasteiger partial charge in [0, 0.05) is 0 Å². The molecule has 1 spiro atoms. The molecule has 0 bridgehead atoms. The molecule has 1 saturated heterocycles. The second kappa shape index (κ2) is 4.18. The first-order chi connectivity index (χ1) is 9.11. The van der Waals surface area contributed by atoms with Gasteiger partial charge in [0.25, 0.3) is 5.91 Å². The summed E-state index contributed by atoms with van der Waals surface area (Å²) in [7, 11) is 0. The Morgan fingerprint density at radius 1 is 1.26 bits per heavy atom. The van der Waals surface area contributed by atoms with Crippen molar-refractivity contribution in [2.45, 2.75) is 37.8 Å². The number of nitrogens with one attached hydrogen (secondary N) is 1. The highest BCUT2D eigenvalue weighted by Gasteiger charge is 2.52. The molecule has 1 aromatic rings. The molecule has 3 N–H and O–H groups in total. The van der Waals surface area contributed by atoms with Crippen LogP contribution in [0.4, 0.5) is 10.6 Å². The van der Waals surface area contributed by atoms with Gasteiger partial charge in [-0.15, -0.1) is 0 Å². The standard InChI is InChI=1S/C12H15N5O2/c13-9-6-14-8(5-15-9)7-17-10(18)12(16-11(17)19)3-1-2-4-12/h5-6H,1-4,7H2,(H2,13,15)(H,16,19). The van der Waals surface area contributed by atoms with Gasteiger partial charge in [0.2, 0.25) is 0 Å². The number of nitrogen functional groups attached to an aromatic ring is 1. The zero-order valence-corrected chi connectivity index (χ0v) is 10.4. The summed E-state index contributed by atoms with van der Waals surface area (Å²) >= 11 is 0. The van der Waals surface area contributed by atoms with Crippen molar-refractivity contribution in [2.75, 3.05) is 5.73 Å². The van der Waals surface area contributed by atoms with E-state index in [9.17, 15) is 9.59 Å². The maximum Gasteiger partial charge on any atom is 0.325 e. The minimum Gasteiger partial charge on any atom is -0.382 e. The van der Waals surface area contributed by atoms with Crippen molar-refractivity contribution in [1.29, 1.82) is 0 Å². The monoisotopic (exact) mass is 261 g/mol. The van der Waals surface area contributed by atoms with Gasteiger partial charge in [0.05, 0.1) is 24.6 Å². The zero-order valence-electron chi connectivity index (χ0n) is 10.4. The maximum absolute atomic E-state index is 12.4. The molecule has 7 heteroatoms. The number of amides is 3. The Labute approximate surface area is 110 Å². The van der Waals surface area contributed by atoms with E-state index < -0.39 is 5.54 Å². The van der Waals surface area contributed by atoms with Gasteiger partial charge in [-0.05, 0) is 12.8 Å². The summed E-state index contributed by atoms with van der Waals surface area (Å²) in [5.41, 5.74) is 5.33. The average Bonchev–Trinajstić information content (AvgIpc) is 2.94. The van der Waals surface area contributed by atoms with Gasteiger partial charge in [0.1, 0.15) is 11.4 Å². The molecule has 2 fully saturated rings. The number of nitrogens with zero attached hydrogens (tertiary/aromatic N) is 3. The third-order valence-electron chi connectivity index (χ3n) is 3.75. The third kappa shape index (κ3) is 1.91. The molecular weight excluding hydrogens is 246 g/mol. The Kier molecular flexibility index (Phi) is 2.62. The van der Waals surface area contributed by atoms with Crippen molar-refractivity contribution >= 4 is 17.8 Å². The molecule has 0 aromatic carbocycles. The van der Waals surface area contributed by atoms with Gasteiger partial charge in [-0.25, -0.2) is 9.78 Å². The Bertz CT molecular complexity index is 521. The van der Waals surface area contributed by atoms with E-state index in [0.717, 1.165) is 25.7 Å². The minimum atomic E-state index is -0.668. The molecule has 0 radical (unpaired) electrons. The number of aromatic nitrogens is 2. The van der Waals surface area contributed by atoms with Crippen molar-refractivity contribution < 1.29 is 9.59 Å². The summed E-state index contributed by atoms with van der Waals surface area (Å²) in [6.45, 7) is 0.139. The van der Waals surface area contributed by atoms with Gasteiger partial charge < -0.3 is 11.1 Å². The molecule has 1 aliphatic carbocycles. The summed E-state index contributed by atoms with van der Waals surface area (Å²) in [4.78, 5) is 33.5. The molecule has 1 aromatic heterocycles. The normalized spacial score (nSPS) is 21.2. The number of nitrogens with two attached hydrogens (primary N) is 1. The smallest absolute Gasteiger partial charge is 0.325 e. The largest absolute Gasteiger partial charge is 0.382 e. The predicted molar refractivity (Wildman–Crippen MR) is 66.7 cm³/mol. The molecule has 2 heterocycles. The first-order valence-corrected chi connectivity index (χ1v) is 6.31. The summed E-state index contributed by atoms with van der Waals surface area (Å²) in [5, 5.41) is 2.83. The molecule has 19 heavy (non-hydrogen) atoms. The van der Waals surface area contributed by atoms with Crippen LogP contribution in [0.1, 0.15) is 31.4 Å². The number of hydrogen-bond donors (Lipinski definition) is 2. The zero-order chi connectivity index (χ0) is 13.5. The lowest BCUT2D eigenvalue weighted by Gasteiger charge is -2.19. The van der Waals surface area contributed by atoms with Gasteiger partial charge in [-0.1, -0.05) is 12.8 Å². The summed E-state index contributed by atoms with van der Waals surface area (Å²) < 4.78 is 0. The van der Waals surface area contributed by atoms with E-state index in [1.165, 1.54) is 17.3 Å². The number of imide groups is 1. The van der Waals surface area contributed by atoms with E-state index in [2.05, 4.69) is 15.3 Å². The lowest BCUT2D eigenvalue weighted by atomic mass is 9.98. The number of hydrogen-bond acceptors (Lipinski definition) is 5. The number of carbonyl (C=O) groups excluding carboxylic acids is 2. The minimum absolute atomic E-state index is 0.139. The summed E-state index contributed by atoms with van der Waals surface area (Å²) in [6, 6.07) is -0.342. The molecule has 0 unspecified atom stereocenters. The Hall–Kier alpha value is -2.18. The molecule has 1 aliphatic heterocycles. The molecule has 7 nitrogen and oxygen atoms in total. The summed E-state index contributed by atoms with van der Waals surface area (Å²) in [5.74, 6) is 0.168. The lowest BCUT2D eigenvalue weighted by Crippen LogP contribution is -2.44. The Morgan fingerprint density at radius 3 is 2.63 bits per heavy atom. The van der Waals surface area contributed by atoms with Crippen molar-refractivity contribution in [3.63, 3.8) is 0 Å². The molecule has 3 amide bonds. The number of anilines is 1. The number of urea groups is 1. The third-order valence-corrected chi connectivity index (χ3v) is 3.75. The van der Waals surface area contributed by atoms with Gasteiger partial charge in [-0.2, -0.15) is 0 Å². The van der Waals surface area contributed by atoms with Crippen LogP contribution in [0, 0.1) is 0 Å². The summed E-state index contributed by atoms with van der Waals surface area (Å²) in [6.07, 6.45) is 6.29. The molecule has 3 rings (SSSR count). The molecule has 1 saturated carbocycles. The van der Waals surface area contributed by atoms with Crippen LogP contribution >= 0.6 is 0 Å². The van der Waals surface area contributed by atoms with E-state index >= 15 is 0 Å². The highest BCUT2D eigenvalue weighted by atomic mass is 16.2. The molecule has 100 valence electrons. The van der Waals surface area contributed by atoms with E-state index in [0.29, 0.717) is 11.5 Å². The van der Waals surface area contributed by atoms with Crippen LogP contribution in [0.15, 0.2) is 12.4 Å². The average molecular weight is 261 g/mol. The fourth-order valence-electron chi connectivity index (χ4n) is 2.75. The van der Waals surface area contributed by atoms with Crippen molar-refractivity contribution in [2.24, 2.45) is 0 Å². The van der Waals surface area contributed by atoms with Crippen LogP contribution in [0.25, 0.3) is 0 Å². The van der Waals surface area contributed by atoms with Crippen LogP contribution in [0.2, 0.25) is 0 Å². The van der Waals surface area contributed by atoms with Crippen molar-refractivity contribution in [3.05, 3.63) is 18.1 Å². The molecular formula is C12H15N5O2. The topological polar surface area (TPSA) is 101 Å². The van der Waals surface area contributed by atoms with E-state index in [1.807, 2.05) is 0 Å². The molecule has 0 atom stereocenters. The van der Waals surface area contributed by atoms with Crippen LogP contribution < -0.4 is 11.1 Å². The van der Waals surface area contributed by atoms with Crippen LogP contribution in [0.5, 0.6) is 0 Å². The first-order valence-electron chi connectivity index (χ1n) is 6.31. The fraction of sp³-hybridized carbons (Fsp3) is 0.500. The highest BCUT2D eigenvalue weighted by Crippen LogP contribution is 2.35. The highest BCUT2D eigenvalue weighted by molar-refractivity contribution is 6.07. The Balaban J connectivity index is 1.79. The second-order valence-electron chi connectivity index (χ2n) is 5.04. The van der Waals surface area contributed by atoms with Crippen LogP contribution in [-0.2, 0) is 11.3 Å². The Morgan fingerprint density at radius 2 is 2.00 bits per heavy atom. The predicted octanol–water partition coefficient (Wildman–Crippen LogP) is 0.423. The quantitative estimate of drug-likeness (QED) is 0.751. The SMILES string of the molecule is Nc1cnc(CN2C(=O)NC3(CCCC3)C2=O)cn1. The van der Waals surface area contributed by atoms with Crippen LogP contribution in [-0.4, -0.2) is 32.3 Å². The first kappa shape index (κ1) is 11.9. The van der Waals surface area contributed by atoms with Crippen molar-refractivity contribution in [3.8, 4) is 0 Å². The molecule has 2 aliphatic rings. The van der Waals surface area contributed by atoms with E-state index in [-0.39, 0.29) is 18.5 Å². The van der Waals surface area contributed by atoms with Gasteiger partial charge >= 0.3 is 6.03 Å². The van der Waals surface area contributed by atoms with Gasteiger partial charge in [-0.3, -0.25) is 14.7 Å². The van der Waals surface area contributed by atoms with Crippen LogP contribution in [0.3, 0.4) is 0 Å².